The van der Waals surface area contributed by atoms with Crippen molar-refractivity contribution in [3.05, 3.63) is 0 Å². The van der Waals surface area contributed by atoms with Gasteiger partial charge in [0.2, 0.25) is 0 Å². The number of nitrogens with zero attached hydrogens (tertiary/aromatic N) is 2. The van der Waals surface area contributed by atoms with Gasteiger partial charge in [0.15, 0.2) is 0 Å². The third-order valence-corrected chi connectivity index (χ3v) is 9.36. The topological polar surface area (TPSA) is 261 Å². The first-order valence-electron chi connectivity index (χ1n) is 19.1. The van der Waals surface area contributed by atoms with Crippen LogP contribution in [-0.4, -0.2) is 131 Å². The maximum Gasteiger partial charge on any atom is 0.508 e. The van der Waals surface area contributed by atoms with Crippen molar-refractivity contribution in [1.82, 2.24) is 0 Å². The zero-order valence-electron chi connectivity index (χ0n) is 36.5. The van der Waals surface area contributed by atoms with E-state index in [2.05, 4.69) is 9.47 Å². The first kappa shape index (κ1) is 58.2. The number of hydrogen-bond donors (Lipinski definition) is 0. The van der Waals surface area contributed by atoms with E-state index in [9.17, 15) is 28.8 Å². The highest BCUT2D eigenvalue weighted by atomic mass is 16.7. The molecule has 0 aliphatic heterocycles. The van der Waals surface area contributed by atoms with Gasteiger partial charge in [0.05, 0.1) is 39.6 Å². The summed E-state index contributed by atoms with van der Waals surface area (Å²) in [6.45, 7) is 13.1. The van der Waals surface area contributed by atoms with Crippen molar-refractivity contribution in [2.75, 3.05) is 94.5 Å². The third-order valence-electron chi connectivity index (χ3n) is 9.36. The van der Waals surface area contributed by atoms with Gasteiger partial charge in [-0.2, -0.15) is 10.5 Å². The van der Waals surface area contributed by atoms with Crippen LogP contribution < -0.4 is 0 Å². The van der Waals surface area contributed by atoms with Gasteiger partial charge in [-0.1, -0.05) is 41.5 Å². The Balaban J connectivity index is -0.000000808. The van der Waals surface area contributed by atoms with Crippen molar-refractivity contribution in [3.63, 3.8) is 0 Å². The van der Waals surface area contributed by atoms with Crippen molar-refractivity contribution in [3.8, 4) is 12.1 Å². The standard InChI is InChI=1S/C15H28O8.C13H18N2O4.C11H20O6/c1-5-15(6-2,11-22-13(16)20-9-7-18-3)12-23-14(17)21-10-8-19-4;1-3-13(4-2,9-18-11(16)5-7-14)10-19-12(17)6-8-15;1-5-11(6-2,7-16-9(12)14-3)8-17-10(13)15-4/h5-12H2,1-4H3;3-6,9-10H2,1-2H3;5-8H2,1-4H3. The van der Waals surface area contributed by atoms with E-state index in [0.29, 0.717) is 51.7 Å². The molecule has 0 aromatic heterocycles. The molecule has 0 saturated heterocycles. The fraction of sp³-hybridized carbons (Fsp3) is 0.795. The lowest BCUT2D eigenvalue weighted by Gasteiger charge is -2.30. The molecule has 0 spiro atoms. The molecule has 0 heterocycles. The lowest BCUT2D eigenvalue weighted by Crippen LogP contribution is -2.34. The Kier molecular flexibility index (Phi) is 35.6. The molecule has 0 aromatic rings. The second kappa shape index (κ2) is 36.0. The number of ether oxygens (including phenoxy) is 12. The molecule has 0 amide bonds. The lowest BCUT2D eigenvalue weighted by molar-refractivity contribution is -0.153. The first-order valence-corrected chi connectivity index (χ1v) is 19.1. The fourth-order valence-electron chi connectivity index (χ4n) is 4.26. The summed E-state index contributed by atoms with van der Waals surface area (Å²) in [6, 6.07) is 3.42. The molecule has 0 aliphatic rings. The van der Waals surface area contributed by atoms with Crippen LogP contribution in [0.3, 0.4) is 0 Å². The van der Waals surface area contributed by atoms with Crippen molar-refractivity contribution < 1.29 is 85.6 Å². The smallest absolute Gasteiger partial charge is 0.464 e. The number of carbonyl (C=O) groups is 6. The highest BCUT2D eigenvalue weighted by molar-refractivity contribution is 5.72. The summed E-state index contributed by atoms with van der Waals surface area (Å²) in [4.78, 5) is 67.1. The first-order chi connectivity index (χ1) is 28.1. The zero-order chi connectivity index (χ0) is 45.6. The molecule has 0 unspecified atom stereocenters. The summed E-state index contributed by atoms with van der Waals surface area (Å²) in [6.07, 6.45) is 0.452. The van der Waals surface area contributed by atoms with Crippen molar-refractivity contribution >= 4 is 36.6 Å². The van der Waals surface area contributed by atoms with E-state index in [4.69, 9.17) is 57.9 Å². The largest absolute Gasteiger partial charge is 0.508 e. The average Bonchev–Trinajstić information content (AvgIpc) is 3.25. The highest BCUT2D eigenvalue weighted by Gasteiger charge is 2.32. The molecule has 0 fully saturated rings. The second-order valence-corrected chi connectivity index (χ2v) is 12.9. The van der Waals surface area contributed by atoms with Crippen LogP contribution in [0.15, 0.2) is 0 Å². The van der Waals surface area contributed by atoms with Crippen molar-refractivity contribution in [2.45, 2.75) is 92.9 Å². The van der Waals surface area contributed by atoms with Gasteiger partial charge in [-0.05, 0) is 38.5 Å². The van der Waals surface area contributed by atoms with Crippen molar-refractivity contribution in [1.29, 1.82) is 10.5 Å². The molecular formula is C39H66N2O18. The molecule has 20 heteroatoms. The minimum absolute atomic E-state index is 0.0944. The molecule has 0 aliphatic carbocycles. The van der Waals surface area contributed by atoms with E-state index in [1.165, 1.54) is 28.4 Å². The quantitative estimate of drug-likeness (QED) is 0.0513. The van der Waals surface area contributed by atoms with Crippen LogP contribution in [0.25, 0.3) is 0 Å². The molecule has 0 saturated carbocycles. The second-order valence-electron chi connectivity index (χ2n) is 12.9. The summed E-state index contributed by atoms with van der Waals surface area (Å²) >= 11 is 0. The number of methoxy groups -OCH3 is 4. The summed E-state index contributed by atoms with van der Waals surface area (Å²) in [7, 11) is 5.51. The maximum atomic E-state index is 11.5. The van der Waals surface area contributed by atoms with E-state index in [1.54, 1.807) is 12.1 Å². The zero-order valence-corrected chi connectivity index (χ0v) is 36.5. The Bertz CT molecular complexity index is 1180. The molecule has 0 N–H and O–H groups in total. The summed E-state index contributed by atoms with van der Waals surface area (Å²) in [5, 5.41) is 16.7. The minimum Gasteiger partial charge on any atom is -0.464 e. The van der Waals surface area contributed by atoms with Crippen LogP contribution >= 0.6 is 0 Å². The van der Waals surface area contributed by atoms with Crippen LogP contribution in [0.5, 0.6) is 0 Å². The molecular weight excluding hydrogens is 784 g/mol. The molecule has 0 atom stereocenters. The van der Waals surface area contributed by atoms with Crippen LogP contribution in [0.1, 0.15) is 92.9 Å². The number of esters is 2. The van der Waals surface area contributed by atoms with E-state index in [1.807, 2.05) is 41.5 Å². The van der Waals surface area contributed by atoms with Crippen LogP contribution in [0.4, 0.5) is 19.2 Å². The molecule has 0 bridgehead atoms. The van der Waals surface area contributed by atoms with Gasteiger partial charge in [0, 0.05) is 30.5 Å². The van der Waals surface area contributed by atoms with Crippen molar-refractivity contribution in [2.24, 2.45) is 16.2 Å². The number of nitriles is 2. The summed E-state index contributed by atoms with van der Waals surface area (Å²) in [5.41, 5.74) is -1.33. The average molecular weight is 851 g/mol. The van der Waals surface area contributed by atoms with Gasteiger partial charge in [-0.15, -0.1) is 0 Å². The Morgan fingerprint density at radius 3 is 0.864 bits per heavy atom. The summed E-state index contributed by atoms with van der Waals surface area (Å²) < 4.78 is 58.0. The monoisotopic (exact) mass is 850 g/mol. The van der Waals surface area contributed by atoms with Gasteiger partial charge in [-0.25, -0.2) is 19.2 Å². The molecule has 0 rings (SSSR count). The number of hydrogen-bond acceptors (Lipinski definition) is 20. The number of carbonyl (C=O) groups excluding carboxylic acids is 6. The Morgan fingerprint density at radius 1 is 0.390 bits per heavy atom. The molecule has 59 heavy (non-hydrogen) atoms. The SMILES string of the molecule is CCC(CC)(COC(=O)CC#N)COC(=O)CC#N.CCC(CC)(COC(=O)OC)COC(=O)OC.CCC(CC)(COC(=O)OCCOC)COC(=O)OCCOC. The Labute approximate surface area is 348 Å². The minimum atomic E-state index is -0.768. The van der Waals surface area contributed by atoms with Crippen LogP contribution in [0, 0.1) is 38.9 Å². The van der Waals surface area contributed by atoms with Gasteiger partial charge in [0.25, 0.3) is 0 Å². The maximum absolute atomic E-state index is 11.5. The van der Waals surface area contributed by atoms with Gasteiger partial charge in [-0.3, -0.25) is 9.59 Å². The Hall–Kier alpha value is -5.08. The van der Waals surface area contributed by atoms with E-state index < -0.39 is 52.8 Å². The predicted octanol–water partition coefficient (Wildman–Crippen LogP) is 6.46. The summed E-state index contributed by atoms with van der Waals surface area (Å²) in [5.74, 6) is -1.17. The van der Waals surface area contributed by atoms with Crippen LogP contribution in [-0.2, 0) is 66.4 Å². The van der Waals surface area contributed by atoms with Crippen LogP contribution in [0.2, 0.25) is 0 Å². The molecule has 340 valence electrons. The molecule has 20 nitrogen and oxygen atoms in total. The van der Waals surface area contributed by atoms with E-state index >= 15 is 0 Å². The lowest BCUT2D eigenvalue weighted by atomic mass is 9.84. The normalized spacial score (nSPS) is 10.6. The van der Waals surface area contributed by atoms with Gasteiger partial charge in [0.1, 0.15) is 65.7 Å². The predicted molar refractivity (Wildman–Crippen MR) is 206 cm³/mol. The van der Waals surface area contributed by atoms with E-state index in [0.717, 1.165) is 0 Å². The third kappa shape index (κ3) is 28.9. The molecule has 0 radical (unpaired) electrons. The highest BCUT2D eigenvalue weighted by Crippen LogP contribution is 2.29. The Morgan fingerprint density at radius 2 is 0.644 bits per heavy atom. The van der Waals surface area contributed by atoms with E-state index in [-0.39, 0.29) is 65.7 Å². The van der Waals surface area contributed by atoms with Gasteiger partial charge >= 0.3 is 36.6 Å². The van der Waals surface area contributed by atoms with Gasteiger partial charge < -0.3 is 56.8 Å². The number of rotatable bonds is 26. The molecule has 0 aromatic carbocycles. The fourth-order valence-corrected chi connectivity index (χ4v) is 4.26.